The molecule has 6 heteroatoms. The number of hydrogen-bond donors (Lipinski definition) is 3. The summed E-state index contributed by atoms with van der Waals surface area (Å²) in [4.78, 5) is 6.98. The smallest absolute Gasteiger partial charge is 0.167 e. The Bertz CT molecular complexity index is 1230. The molecule has 0 aliphatic carbocycles. The maximum absolute atomic E-state index is 6.25. The number of rotatable bonds is 4. The van der Waals surface area contributed by atoms with Crippen LogP contribution < -0.4 is 10.5 Å². The first-order chi connectivity index (χ1) is 13.2. The fourth-order valence-corrected chi connectivity index (χ4v) is 4.04. The molecular weight excluding hydrogens is 381 g/mol. The van der Waals surface area contributed by atoms with E-state index in [0.29, 0.717) is 23.2 Å². The van der Waals surface area contributed by atoms with Gasteiger partial charge < -0.3 is 20.4 Å². The van der Waals surface area contributed by atoms with Crippen LogP contribution in [-0.2, 0) is 0 Å². The molecule has 0 fully saturated rings. The first kappa shape index (κ1) is 16.8. The molecule has 2 heterocycles. The second-order valence-corrected chi connectivity index (χ2v) is 7.54. The van der Waals surface area contributed by atoms with Gasteiger partial charge in [-0.25, -0.2) is 0 Å². The molecule has 0 unspecified atom stereocenters. The van der Waals surface area contributed by atoms with Crippen LogP contribution in [0.3, 0.4) is 0 Å². The first-order valence-corrected chi connectivity index (χ1v) is 9.59. The number of fused-ring (bicyclic) bond motifs is 6. The molecule has 4 N–H and O–H groups in total. The van der Waals surface area contributed by atoms with Gasteiger partial charge in [-0.15, -0.1) is 0 Å². The largest absolute Gasteiger partial charge is 0.489 e. The molecule has 2 aromatic heterocycles. The zero-order chi connectivity index (χ0) is 18.5. The summed E-state index contributed by atoms with van der Waals surface area (Å²) in [6, 6.07) is 13.9. The molecule has 0 aliphatic heterocycles. The molecule has 0 aliphatic rings. The molecule has 4 nitrogen and oxygen atoms in total. The molecule has 5 rings (SSSR count). The summed E-state index contributed by atoms with van der Waals surface area (Å²) in [7, 11) is 0. The third-order valence-electron chi connectivity index (χ3n) is 4.94. The van der Waals surface area contributed by atoms with Crippen LogP contribution in [0.2, 0.25) is 10.0 Å². The predicted octanol–water partition coefficient (Wildman–Crippen LogP) is 5.99. The van der Waals surface area contributed by atoms with Crippen LogP contribution in [0.4, 0.5) is 0 Å². The lowest BCUT2D eigenvalue weighted by Gasteiger charge is -2.08. The van der Waals surface area contributed by atoms with Crippen LogP contribution in [-0.4, -0.2) is 23.1 Å². The Morgan fingerprint density at radius 3 is 1.85 bits per heavy atom. The van der Waals surface area contributed by atoms with E-state index in [1.807, 2.05) is 36.4 Å². The van der Waals surface area contributed by atoms with E-state index in [1.165, 1.54) is 0 Å². The second-order valence-electron chi connectivity index (χ2n) is 6.67. The quantitative estimate of drug-likeness (QED) is 0.326. The summed E-state index contributed by atoms with van der Waals surface area (Å²) in [5, 5.41) is 5.69. The van der Waals surface area contributed by atoms with Crippen molar-refractivity contribution in [3.05, 3.63) is 52.5 Å². The van der Waals surface area contributed by atoms with Gasteiger partial charge in [0.15, 0.2) is 5.75 Å². The summed E-state index contributed by atoms with van der Waals surface area (Å²) < 4.78 is 6.18. The summed E-state index contributed by atoms with van der Waals surface area (Å²) >= 11 is 12.5. The molecule has 0 saturated heterocycles. The number of aromatic amines is 2. The zero-order valence-electron chi connectivity index (χ0n) is 14.4. The molecular formula is C21H17Cl2N3O. The first-order valence-electron chi connectivity index (χ1n) is 8.83. The van der Waals surface area contributed by atoms with Gasteiger partial charge >= 0.3 is 0 Å². The van der Waals surface area contributed by atoms with Crippen molar-refractivity contribution < 1.29 is 4.74 Å². The van der Waals surface area contributed by atoms with Crippen LogP contribution in [0.15, 0.2) is 42.5 Å². The Balaban J connectivity index is 1.91. The van der Waals surface area contributed by atoms with Crippen LogP contribution in [0.25, 0.3) is 43.6 Å². The minimum atomic E-state index is 0.553. The van der Waals surface area contributed by atoms with Gasteiger partial charge in [0.2, 0.25) is 0 Å². The second kappa shape index (κ2) is 6.34. The maximum atomic E-state index is 6.25. The lowest BCUT2D eigenvalue weighted by atomic mass is 10.1. The minimum Gasteiger partial charge on any atom is -0.489 e. The average molecular weight is 398 g/mol. The van der Waals surface area contributed by atoms with Crippen LogP contribution in [0, 0.1) is 0 Å². The number of H-pyrrole nitrogens is 2. The highest BCUT2D eigenvalue weighted by Gasteiger charge is 2.17. The monoisotopic (exact) mass is 397 g/mol. The average Bonchev–Trinajstić information content (AvgIpc) is 3.19. The van der Waals surface area contributed by atoms with Gasteiger partial charge in [0, 0.05) is 42.6 Å². The molecule has 0 atom stereocenters. The van der Waals surface area contributed by atoms with Crippen molar-refractivity contribution >= 4 is 66.8 Å². The Hall–Kier alpha value is -2.40. The zero-order valence-corrected chi connectivity index (χ0v) is 15.9. The third-order valence-corrected chi connectivity index (χ3v) is 5.41. The number of halogens is 2. The van der Waals surface area contributed by atoms with Crippen molar-refractivity contribution in [2.45, 2.75) is 6.42 Å². The summed E-state index contributed by atoms with van der Waals surface area (Å²) in [6.07, 6.45) is 0.788. The molecule has 0 amide bonds. The highest BCUT2D eigenvalue weighted by atomic mass is 35.5. The van der Waals surface area contributed by atoms with Gasteiger partial charge in [0.05, 0.1) is 17.6 Å². The number of nitrogens with two attached hydrogens (primary N) is 1. The number of aromatic nitrogens is 2. The maximum Gasteiger partial charge on any atom is 0.167 e. The van der Waals surface area contributed by atoms with Crippen molar-refractivity contribution in [3.63, 3.8) is 0 Å². The molecule has 5 aromatic rings. The lowest BCUT2D eigenvalue weighted by Crippen LogP contribution is -2.06. The molecule has 27 heavy (non-hydrogen) atoms. The van der Waals surface area contributed by atoms with E-state index in [9.17, 15) is 0 Å². The molecule has 0 saturated carbocycles. The minimum absolute atomic E-state index is 0.553. The fraction of sp³-hybridized carbons (Fsp3) is 0.143. The number of benzene rings is 3. The van der Waals surface area contributed by atoms with Crippen molar-refractivity contribution in [3.8, 4) is 5.75 Å². The van der Waals surface area contributed by atoms with Gasteiger partial charge in [-0.05, 0) is 55.4 Å². The van der Waals surface area contributed by atoms with E-state index in [4.69, 9.17) is 33.7 Å². The van der Waals surface area contributed by atoms with E-state index in [1.54, 1.807) is 0 Å². The van der Waals surface area contributed by atoms with E-state index >= 15 is 0 Å². The van der Waals surface area contributed by atoms with E-state index in [0.717, 1.165) is 55.8 Å². The van der Waals surface area contributed by atoms with Crippen molar-refractivity contribution in [1.82, 2.24) is 9.97 Å². The molecule has 0 bridgehead atoms. The van der Waals surface area contributed by atoms with Gasteiger partial charge in [-0.3, -0.25) is 0 Å². The van der Waals surface area contributed by atoms with Gasteiger partial charge in [-0.2, -0.15) is 0 Å². The van der Waals surface area contributed by atoms with Gasteiger partial charge in [0.1, 0.15) is 0 Å². The molecule has 0 radical (unpaired) electrons. The van der Waals surface area contributed by atoms with Crippen molar-refractivity contribution in [1.29, 1.82) is 0 Å². The number of hydrogen-bond acceptors (Lipinski definition) is 2. The molecule has 136 valence electrons. The number of nitrogens with one attached hydrogen (secondary N) is 2. The van der Waals surface area contributed by atoms with Crippen LogP contribution in [0.5, 0.6) is 5.75 Å². The summed E-state index contributed by atoms with van der Waals surface area (Å²) in [6.45, 7) is 1.14. The highest BCUT2D eigenvalue weighted by Crippen LogP contribution is 2.41. The SMILES string of the molecule is NCCCOc1c2[nH]c3ccc(Cl)cc3c2cc2c1[nH]c1ccc(Cl)cc12. The topological polar surface area (TPSA) is 66.8 Å². The highest BCUT2D eigenvalue weighted by molar-refractivity contribution is 6.33. The molecule has 0 spiro atoms. The van der Waals surface area contributed by atoms with E-state index in [2.05, 4.69) is 16.0 Å². The van der Waals surface area contributed by atoms with Crippen LogP contribution >= 0.6 is 23.2 Å². The third kappa shape index (κ3) is 2.64. The van der Waals surface area contributed by atoms with Crippen molar-refractivity contribution in [2.75, 3.05) is 13.2 Å². The Labute approximate surface area is 165 Å². The van der Waals surface area contributed by atoms with Gasteiger partial charge in [0.25, 0.3) is 0 Å². The standard InChI is InChI=1S/C21H17Cl2N3O/c22-11-2-4-17-13(8-11)15-10-16-14-9-12(23)3-5-18(14)26-20(16)21(19(15)25-17)27-7-1-6-24/h2-5,8-10,25-26H,1,6-7,24H2. The summed E-state index contributed by atoms with van der Waals surface area (Å²) in [5.74, 6) is 0.801. The predicted molar refractivity (Wildman–Crippen MR) is 114 cm³/mol. The molecule has 3 aromatic carbocycles. The Morgan fingerprint density at radius 2 is 1.33 bits per heavy atom. The van der Waals surface area contributed by atoms with Crippen molar-refractivity contribution in [2.24, 2.45) is 5.73 Å². The van der Waals surface area contributed by atoms with Gasteiger partial charge in [-0.1, -0.05) is 23.2 Å². The van der Waals surface area contributed by atoms with E-state index < -0.39 is 0 Å². The normalized spacial score (nSPS) is 12.0. The van der Waals surface area contributed by atoms with E-state index in [-0.39, 0.29) is 0 Å². The fourth-order valence-electron chi connectivity index (χ4n) is 3.70. The van der Waals surface area contributed by atoms with Crippen LogP contribution in [0.1, 0.15) is 6.42 Å². The lowest BCUT2D eigenvalue weighted by molar-refractivity contribution is 0.319. The Kier molecular flexibility index (Phi) is 3.93. The number of ether oxygens (including phenoxy) is 1. The Morgan fingerprint density at radius 1 is 0.778 bits per heavy atom. The summed E-state index contributed by atoms with van der Waals surface area (Å²) in [5.41, 5.74) is 9.60.